The number of anilines is 2. The van der Waals surface area contributed by atoms with Crippen LogP contribution < -0.4 is 19.7 Å². The SMILES string of the molecule is COc1cc2nc(N3CCN(C(=O)C=Cc4ccccc4)CC3)nc(NC(=O)C3CSCN3C(=O)CCSC(=O)c3ccccc3)c2cc1OC. The third-order valence-corrected chi connectivity index (χ3v) is 10.5. The summed E-state index contributed by atoms with van der Waals surface area (Å²) < 4.78 is 11.1. The molecule has 1 atom stereocenters. The summed E-state index contributed by atoms with van der Waals surface area (Å²) in [5.41, 5.74) is 2.07. The number of hydrogen-bond acceptors (Lipinski definition) is 11. The van der Waals surface area contributed by atoms with Crippen molar-refractivity contribution in [1.82, 2.24) is 19.8 Å². The quantitative estimate of drug-likeness (QED) is 0.214. The van der Waals surface area contributed by atoms with Crippen LogP contribution in [0.25, 0.3) is 17.0 Å². The maximum atomic E-state index is 13.8. The summed E-state index contributed by atoms with van der Waals surface area (Å²) in [6, 6.07) is 21.3. The van der Waals surface area contributed by atoms with Crippen LogP contribution in [0.1, 0.15) is 22.3 Å². The molecule has 1 N–H and O–H groups in total. The van der Waals surface area contributed by atoms with Crippen molar-refractivity contribution in [2.45, 2.75) is 12.5 Å². The summed E-state index contributed by atoms with van der Waals surface area (Å²) in [5, 5.41) is 3.43. The number of rotatable bonds is 11. The van der Waals surface area contributed by atoms with Gasteiger partial charge in [0.2, 0.25) is 28.8 Å². The van der Waals surface area contributed by atoms with Crippen molar-refractivity contribution in [3.8, 4) is 11.5 Å². The first-order chi connectivity index (χ1) is 24.8. The Morgan fingerprint density at radius 2 is 1.61 bits per heavy atom. The molecule has 1 unspecified atom stereocenters. The van der Waals surface area contributed by atoms with Gasteiger partial charge in [0, 0.05) is 67.2 Å². The fourth-order valence-corrected chi connectivity index (χ4v) is 7.73. The molecule has 2 aliphatic rings. The lowest BCUT2D eigenvalue weighted by molar-refractivity contribution is -0.135. The van der Waals surface area contributed by atoms with Gasteiger partial charge >= 0.3 is 0 Å². The van der Waals surface area contributed by atoms with Crippen molar-refractivity contribution >= 4 is 75.1 Å². The molecule has 3 amide bonds. The van der Waals surface area contributed by atoms with Crippen LogP contribution in [-0.2, 0) is 14.4 Å². The first-order valence-corrected chi connectivity index (χ1v) is 18.6. The Kier molecular flexibility index (Phi) is 11.7. The van der Waals surface area contributed by atoms with Crippen LogP contribution in [0.5, 0.6) is 11.5 Å². The number of nitrogens with zero attached hydrogens (tertiary/aromatic N) is 5. The Balaban J connectivity index is 1.16. The van der Waals surface area contributed by atoms with E-state index in [4.69, 9.17) is 19.4 Å². The zero-order valence-electron chi connectivity index (χ0n) is 28.3. The number of benzene rings is 3. The average molecular weight is 727 g/mol. The standard InChI is InChI=1S/C37H38N6O6S2/c1-48-30-21-27-28(22-31(30)49-2)38-37(42-18-16-41(17-19-42)32(44)14-13-25-9-5-3-6-10-25)40-34(27)39-35(46)29-23-50-24-43(29)33(45)15-20-51-36(47)26-11-7-4-8-12-26/h3-14,21-22,29H,15-20,23-24H2,1-2H3,(H,38,39,40,46). The molecule has 1 aromatic heterocycles. The molecule has 264 valence electrons. The van der Waals surface area contributed by atoms with Gasteiger partial charge in [0.1, 0.15) is 11.9 Å². The first-order valence-electron chi connectivity index (χ1n) is 16.5. The third kappa shape index (κ3) is 8.63. The van der Waals surface area contributed by atoms with Gasteiger partial charge in [-0.05, 0) is 17.7 Å². The molecule has 6 rings (SSSR count). The van der Waals surface area contributed by atoms with E-state index in [1.807, 2.05) is 41.3 Å². The van der Waals surface area contributed by atoms with Gasteiger partial charge in [-0.15, -0.1) is 11.8 Å². The molecule has 0 saturated carbocycles. The van der Waals surface area contributed by atoms with E-state index in [-0.39, 0.29) is 35.1 Å². The van der Waals surface area contributed by atoms with E-state index < -0.39 is 6.04 Å². The average Bonchev–Trinajstić information content (AvgIpc) is 3.68. The maximum Gasteiger partial charge on any atom is 0.249 e. The van der Waals surface area contributed by atoms with Crippen LogP contribution in [0, 0.1) is 0 Å². The van der Waals surface area contributed by atoms with Crippen molar-refractivity contribution in [1.29, 1.82) is 0 Å². The normalized spacial score (nSPS) is 16.0. The Labute approximate surface area is 304 Å². The second kappa shape index (κ2) is 16.8. The van der Waals surface area contributed by atoms with Crippen LogP contribution >= 0.6 is 23.5 Å². The zero-order valence-corrected chi connectivity index (χ0v) is 30.0. The summed E-state index contributed by atoms with van der Waals surface area (Å²) >= 11 is 2.59. The van der Waals surface area contributed by atoms with E-state index in [1.54, 1.807) is 58.4 Å². The summed E-state index contributed by atoms with van der Waals surface area (Å²) in [6.45, 7) is 1.92. The predicted octanol–water partition coefficient (Wildman–Crippen LogP) is 4.81. The molecule has 4 aromatic rings. The third-order valence-electron chi connectivity index (χ3n) is 8.59. The minimum absolute atomic E-state index is 0.0716. The highest BCUT2D eigenvalue weighted by Crippen LogP contribution is 2.36. The van der Waals surface area contributed by atoms with Gasteiger partial charge in [0.25, 0.3) is 0 Å². The van der Waals surface area contributed by atoms with E-state index in [1.165, 1.54) is 26.0 Å². The Bertz CT molecular complexity index is 1920. The van der Waals surface area contributed by atoms with Gasteiger partial charge in [-0.2, -0.15) is 4.98 Å². The summed E-state index contributed by atoms with van der Waals surface area (Å²) in [4.78, 5) is 67.4. The van der Waals surface area contributed by atoms with Crippen LogP contribution in [0.4, 0.5) is 11.8 Å². The lowest BCUT2D eigenvalue weighted by atomic mass is 10.2. The van der Waals surface area contributed by atoms with Crippen LogP contribution in [0.2, 0.25) is 0 Å². The number of ether oxygens (including phenoxy) is 2. The number of fused-ring (bicyclic) bond motifs is 1. The predicted molar refractivity (Wildman–Crippen MR) is 201 cm³/mol. The monoisotopic (exact) mass is 726 g/mol. The molecular weight excluding hydrogens is 689 g/mol. The molecular formula is C37H38N6O6S2. The lowest BCUT2D eigenvalue weighted by Crippen LogP contribution is -2.49. The van der Waals surface area contributed by atoms with Crippen molar-refractivity contribution in [3.63, 3.8) is 0 Å². The molecule has 3 aromatic carbocycles. The molecule has 0 radical (unpaired) electrons. The highest BCUT2D eigenvalue weighted by molar-refractivity contribution is 8.14. The second-order valence-electron chi connectivity index (χ2n) is 11.8. The molecule has 2 saturated heterocycles. The van der Waals surface area contributed by atoms with E-state index >= 15 is 0 Å². The number of hydrogen-bond donors (Lipinski definition) is 1. The molecule has 51 heavy (non-hydrogen) atoms. The highest BCUT2D eigenvalue weighted by atomic mass is 32.2. The van der Waals surface area contributed by atoms with Crippen LogP contribution in [0.3, 0.4) is 0 Å². The fourth-order valence-electron chi connectivity index (χ4n) is 5.78. The molecule has 14 heteroatoms. The summed E-state index contributed by atoms with van der Waals surface area (Å²) in [5.74, 6) is 2.06. The smallest absolute Gasteiger partial charge is 0.249 e. The van der Waals surface area contributed by atoms with E-state index in [0.717, 1.165) is 17.3 Å². The minimum atomic E-state index is -0.718. The van der Waals surface area contributed by atoms with Crippen LogP contribution in [0.15, 0.2) is 78.9 Å². The first kappa shape index (κ1) is 35.7. The van der Waals surface area contributed by atoms with Crippen molar-refractivity contribution in [3.05, 3.63) is 90.0 Å². The number of thioether (sulfide) groups is 2. The summed E-state index contributed by atoms with van der Waals surface area (Å²) in [6.07, 6.45) is 3.52. The molecule has 0 spiro atoms. The van der Waals surface area contributed by atoms with E-state index in [2.05, 4.69) is 5.32 Å². The largest absolute Gasteiger partial charge is 0.493 e. The molecule has 2 aliphatic heterocycles. The molecule has 12 nitrogen and oxygen atoms in total. The Morgan fingerprint density at radius 1 is 0.922 bits per heavy atom. The van der Waals surface area contributed by atoms with Crippen LogP contribution in [-0.4, -0.2) is 106 Å². The van der Waals surface area contributed by atoms with Crippen molar-refractivity contribution in [2.75, 3.05) is 68.0 Å². The summed E-state index contributed by atoms with van der Waals surface area (Å²) in [7, 11) is 3.06. The second-order valence-corrected chi connectivity index (χ2v) is 13.8. The van der Waals surface area contributed by atoms with Gasteiger partial charge in [-0.1, -0.05) is 72.4 Å². The number of carbonyl (C=O) groups is 4. The molecule has 3 heterocycles. The van der Waals surface area contributed by atoms with E-state index in [9.17, 15) is 19.2 Å². The maximum absolute atomic E-state index is 13.8. The van der Waals surface area contributed by atoms with Gasteiger partial charge in [-0.25, -0.2) is 4.98 Å². The molecule has 0 aliphatic carbocycles. The van der Waals surface area contributed by atoms with Gasteiger partial charge in [0.05, 0.1) is 25.6 Å². The zero-order chi connectivity index (χ0) is 35.7. The fraction of sp³-hybridized carbons (Fsp3) is 0.297. The Morgan fingerprint density at radius 3 is 2.31 bits per heavy atom. The van der Waals surface area contributed by atoms with Gasteiger partial charge in [0.15, 0.2) is 11.5 Å². The minimum Gasteiger partial charge on any atom is -0.493 e. The number of nitrogens with one attached hydrogen (secondary N) is 1. The van der Waals surface area contributed by atoms with Gasteiger partial charge in [-0.3, -0.25) is 19.2 Å². The van der Waals surface area contributed by atoms with Gasteiger partial charge < -0.3 is 29.5 Å². The topological polar surface area (TPSA) is 134 Å². The van der Waals surface area contributed by atoms with E-state index in [0.29, 0.717) is 77.5 Å². The Hall–Kier alpha value is -5.08. The number of amides is 3. The lowest BCUT2D eigenvalue weighted by Gasteiger charge is -2.34. The number of aromatic nitrogens is 2. The molecule has 0 bridgehead atoms. The number of methoxy groups -OCH3 is 2. The van der Waals surface area contributed by atoms with Crippen molar-refractivity contribution in [2.24, 2.45) is 0 Å². The van der Waals surface area contributed by atoms with Crippen molar-refractivity contribution < 1.29 is 28.7 Å². The molecule has 2 fully saturated rings. The number of carbonyl (C=O) groups excluding carboxylic acids is 4. The number of piperazine rings is 1. The highest BCUT2D eigenvalue weighted by Gasteiger charge is 2.35.